The van der Waals surface area contributed by atoms with Gasteiger partial charge >= 0.3 is 0 Å². The second-order valence-electron chi connectivity index (χ2n) is 4.18. The van der Waals surface area contributed by atoms with Crippen LogP contribution in [0.1, 0.15) is 32.8 Å². The smallest absolute Gasteiger partial charge is 0.0381 e. The summed E-state index contributed by atoms with van der Waals surface area (Å²) >= 11 is 0. The minimum atomic E-state index is 0.316. The molecule has 0 fully saturated rings. The van der Waals surface area contributed by atoms with Crippen molar-refractivity contribution < 1.29 is 0 Å². The van der Waals surface area contributed by atoms with Crippen LogP contribution in [0.15, 0.2) is 24.3 Å². The van der Waals surface area contributed by atoms with E-state index in [0.717, 1.165) is 0 Å². The lowest BCUT2D eigenvalue weighted by atomic mass is 9.77. The monoisotopic (exact) mass is 175 g/mol. The number of nitrogens with one attached hydrogen (secondary N) is 1. The Kier molecular flexibility index (Phi) is 1.83. The van der Waals surface area contributed by atoms with Crippen molar-refractivity contribution in [3.63, 3.8) is 0 Å². The predicted molar refractivity (Wildman–Crippen MR) is 57.2 cm³/mol. The molecule has 0 saturated heterocycles. The van der Waals surface area contributed by atoms with E-state index in [1.165, 1.54) is 17.7 Å². The van der Waals surface area contributed by atoms with Crippen LogP contribution in [-0.2, 0) is 5.41 Å². The Labute approximate surface area is 80.2 Å². The lowest BCUT2D eigenvalue weighted by Gasteiger charge is -2.27. The molecule has 2 unspecified atom stereocenters. The third-order valence-corrected chi connectivity index (χ3v) is 3.60. The normalized spacial score (nSPS) is 31.2. The van der Waals surface area contributed by atoms with Crippen molar-refractivity contribution >= 4 is 5.69 Å². The van der Waals surface area contributed by atoms with Crippen molar-refractivity contribution in [1.82, 2.24) is 0 Å². The Bertz CT molecular complexity index is 319. The van der Waals surface area contributed by atoms with E-state index in [0.29, 0.717) is 11.5 Å². The predicted octanol–water partition coefficient (Wildman–Crippen LogP) is 3.17. The van der Waals surface area contributed by atoms with E-state index in [9.17, 15) is 0 Å². The molecular weight excluding hydrogens is 158 g/mol. The number of hydrogen-bond donors (Lipinski definition) is 1. The molecule has 1 nitrogen and oxygen atoms in total. The van der Waals surface area contributed by atoms with Crippen LogP contribution in [0.3, 0.4) is 0 Å². The van der Waals surface area contributed by atoms with E-state index in [4.69, 9.17) is 0 Å². The molecule has 0 amide bonds. The van der Waals surface area contributed by atoms with Gasteiger partial charge in [-0.2, -0.15) is 0 Å². The third-order valence-electron chi connectivity index (χ3n) is 3.60. The maximum absolute atomic E-state index is 3.54. The lowest BCUT2D eigenvalue weighted by Crippen LogP contribution is -2.32. The summed E-state index contributed by atoms with van der Waals surface area (Å²) < 4.78 is 0. The number of benzene rings is 1. The molecule has 70 valence electrons. The van der Waals surface area contributed by atoms with Gasteiger partial charge in [0.15, 0.2) is 0 Å². The molecule has 0 radical (unpaired) electrons. The Morgan fingerprint density at radius 3 is 2.77 bits per heavy atom. The van der Waals surface area contributed by atoms with Crippen molar-refractivity contribution in [2.75, 3.05) is 5.32 Å². The molecule has 1 aliphatic rings. The minimum Gasteiger partial charge on any atom is -0.381 e. The Hall–Kier alpha value is -0.980. The van der Waals surface area contributed by atoms with Gasteiger partial charge in [0, 0.05) is 17.1 Å². The molecule has 2 atom stereocenters. The average Bonchev–Trinajstić information content (AvgIpc) is 2.41. The van der Waals surface area contributed by atoms with E-state index in [1.807, 2.05) is 0 Å². The summed E-state index contributed by atoms with van der Waals surface area (Å²) in [5, 5.41) is 3.54. The van der Waals surface area contributed by atoms with Crippen LogP contribution in [0.25, 0.3) is 0 Å². The first kappa shape index (κ1) is 8.61. The summed E-state index contributed by atoms with van der Waals surface area (Å²) in [6, 6.07) is 9.20. The molecule has 1 aromatic carbocycles. The maximum atomic E-state index is 3.54. The molecule has 0 aliphatic carbocycles. The Balaban J connectivity index is 2.52. The second kappa shape index (κ2) is 2.76. The molecule has 1 N–H and O–H groups in total. The SMILES string of the molecule is CCC1(C)c2ccccc2NC1C. The van der Waals surface area contributed by atoms with Crippen LogP contribution in [-0.4, -0.2) is 6.04 Å². The zero-order chi connectivity index (χ0) is 9.47. The van der Waals surface area contributed by atoms with Gasteiger partial charge in [-0.1, -0.05) is 32.0 Å². The minimum absolute atomic E-state index is 0.316. The summed E-state index contributed by atoms with van der Waals surface area (Å²) in [4.78, 5) is 0. The number of para-hydroxylation sites is 1. The van der Waals surface area contributed by atoms with Gasteiger partial charge in [0.2, 0.25) is 0 Å². The molecule has 13 heavy (non-hydrogen) atoms. The maximum Gasteiger partial charge on any atom is 0.0381 e. The molecule has 0 bridgehead atoms. The highest BCUT2D eigenvalue weighted by atomic mass is 15.0. The van der Waals surface area contributed by atoms with Crippen LogP contribution in [0.5, 0.6) is 0 Å². The average molecular weight is 175 g/mol. The Morgan fingerprint density at radius 2 is 2.08 bits per heavy atom. The topological polar surface area (TPSA) is 12.0 Å². The van der Waals surface area contributed by atoms with Crippen molar-refractivity contribution in [3.8, 4) is 0 Å². The fourth-order valence-electron chi connectivity index (χ4n) is 2.23. The molecule has 1 aromatic rings. The van der Waals surface area contributed by atoms with Crippen LogP contribution in [0.2, 0.25) is 0 Å². The molecule has 0 aromatic heterocycles. The van der Waals surface area contributed by atoms with Gasteiger partial charge in [0.1, 0.15) is 0 Å². The van der Waals surface area contributed by atoms with Crippen LogP contribution < -0.4 is 5.32 Å². The van der Waals surface area contributed by atoms with Gasteiger partial charge in [-0.05, 0) is 25.0 Å². The van der Waals surface area contributed by atoms with E-state index >= 15 is 0 Å². The Morgan fingerprint density at radius 1 is 1.38 bits per heavy atom. The van der Waals surface area contributed by atoms with E-state index in [2.05, 4.69) is 50.4 Å². The highest BCUT2D eigenvalue weighted by Gasteiger charge is 2.38. The zero-order valence-electron chi connectivity index (χ0n) is 8.59. The highest BCUT2D eigenvalue weighted by molar-refractivity contribution is 5.61. The molecule has 2 rings (SSSR count). The molecule has 0 saturated carbocycles. The largest absolute Gasteiger partial charge is 0.381 e. The molecule has 1 heterocycles. The van der Waals surface area contributed by atoms with Gasteiger partial charge in [0.25, 0.3) is 0 Å². The van der Waals surface area contributed by atoms with Gasteiger partial charge in [-0.3, -0.25) is 0 Å². The fraction of sp³-hybridized carbons (Fsp3) is 0.500. The lowest BCUT2D eigenvalue weighted by molar-refractivity contribution is 0.424. The van der Waals surface area contributed by atoms with E-state index in [1.54, 1.807) is 0 Å². The van der Waals surface area contributed by atoms with Crippen molar-refractivity contribution in [2.45, 2.75) is 38.6 Å². The molecular formula is C12H17N. The van der Waals surface area contributed by atoms with Crippen LogP contribution in [0, 0.1) is 0 Å². The quantitative estimate of drug-likeness (QED) is 0.691. The first-order valence-electron chi connectivity index (χ1n) is 5.04. The first-order valence-corrected chi connectivity index (χ1v) is 5.04. The molecule has 1 heteroatoms. The standard InChI is InChI=1S/C12H17N/c1-4-12(3)9(2)13-11-8-6-5-7-10(11)12/h5-9,13H,4H2,1-3H3. The van der Waals surface area contributed by atoms with Crippen LogP contribution >= 0.6 is 0 Å². The third kappa shape index (κ3) is 1.06. The van der Waals surface area contributed by atoms with Crippen molar-refractivity contribution in [1.29, 1.82) is 0 Å². The van der Waals surface area contributed by atoms with Gasteiger partial charge in [-0.25, -0.2) is 0 Å². The zero-order valence-corrected chi connectivity index (χ0v) is 8.59. The van der Waals surface area contributed by atoms with E-state index < -0.39 is 0 Å². The summed E-state index contributed by atoms with van der Waals surface area (Å²) in [6.07, 6.45) is 1.19. The summed E-state index contributed by atoms with van der Waals surface area (Å²) in [5.74, 6) is 0. The molecule has 0 spiro atoms. The second-order valence-corrected chi connectivity index (χ2v) is 4.18. The van der Waals surface area contributed by atoms with E-state index in [-0.39, 0.29) is 0 Å². The number of hydrogen-bond acceptors (Lipinski definition) is 1. The van der Waals surface area contributed by atoms with Crippen molar-refractivity contribution in [3.05, 3.63) is 29.8 Å². The number of rotatable bonds is 1. The molecule has 1 aliphatic heterocycles. The summed E-state index contributed by atoms with van der Waals surface area (Å²) in [6.45, 7) is 6.88. The van der Waals surface area contributed by atoms with Gasteiger partial charge < -0.3 is 5.32 Å². The number of fused-ring (bicyclic) bond motifs is 1. The van der Waals surface area contributed by atoms with Crippen molar-refractivity contribution in [2.24, 2.45) is 0 Å². The van der Waals surface area contributed by atoms with Gasteiger partial charge in [0.05, 0.1) is 0 Å². The number of anilines is 1. The highest BCUT2D eigenvalue weighted by Crippen LogP contribution is 2.42. The summed E-state index contributed by atoms with van der Waals surface area (Å²) in [5.41, 5.74) is 3.11. The summed E-state index contributed by atoms with van der Waals surface area (Å²) in [7, 11) is 0. The fourth-order valence-corrected chi connectivity index (χ4v) is 2.23. The van der Waals surface area contributed by atoms with Crippen LogP contribution in [0.4, 0.5) is 5.69 Å². The van der Waals surface area contributed by atoms with Gasteiger partial charge in [-0.15, -0.1) is 0 Å². The first-order chi connectivity index (χ1) is 6.18.